The van der Waals surface area contributed by atoms with Gasteiger partial charge in [-0.25, -0.2) is 9.38 Å². The van der Waals surface area contributed by atoms with Crippen molar-refractivity contribution in [2.45, 2.75) is 0 Å². The lowest BCUT2D eigenvalue weighted by Gasteiger charge is -2.10. The van der Waals surface area contributed by atoms with E-state index < -0.39 is 0 Å². The molecule has 0 aliphatic carbocycles. The average molecular weight is 468 g/mol. The van der Waals surface area contributed by atoms with Gasteiger partial charge in [-0.3, -0.25) is 14.0 Å². The highest BCUT2D eigenvalue weighted by molar-refractivity contribution is 7.15. The van der Waals surface area contributed by atoms with E-state index in [-0.39, 0.29) is 22.6 Å². The molecule has 0 fully saturated rings. The summed E-state index contributed by atoms with van der Waals surface area (Å²) in [7, 11) is 1.58. The molecule has 34 heavy (non-hydrogen) atoms. The van der Waals surface area contributed by atoms with E-state index in [0.717, 1.165) is 11.0 Å². The number of aromatic nitrogens is 4. The molecule has 0 unspecified atom stereocenters. The summed E-state index contributed by atoms with van der Waals surface area (Å²) in [4.78, 5) is 36.3. The molecule has 0 amide bonds. The first-order valence-electron chi connectivity index (χ1n) is 10.4. The van der Waals surface area contributed by atoms with Gasteiger partial charge in [-0.1, -0.05) is 29.5 Å². The van der Waals surface area contributed by atoms with Gasteiger partial charge in [0.2, 0.25) is 5.88 Å². The van der Waals surface area contributed by atoms with E-state index in [1.807, 2.05) is 24.3 Å². The Bertz CT molecular complexity index is 1870. The first-order chi connectivity index (χ1) is 16.6. The third-order valence-corrected chi connectivity index (χ3v) is 6.40. The Hall–Kier alpha value is -4.50. The number of nitrogens with zero attached hydrogens (tertiary/aromatic N) is 4. The molecular weight excluding hydrogens is 452 g/mol. The number of rotatable bonds is 4. The predicted octanol–water partition coefficient (Wildman–Crippen LogP) is 3.27. The van der Waals surface area contributed by atoms with E-state index in [1.54, 1.807) is 60.2 Å². The highest BCUT2D eigenvalue weighted by atomic mass is 32.1. The summed E-state index contributed by atoms with van der Waals surface area (Å²) in [5, 5.41) is 0. The molecule has 0 aliphatic heterocycles. The number of imidazole rings is 1. The first-order valence-corrected chi connectivity index (χ1v) is 11.2. The van der Waals surface area contributed by atoms with Crippen molar-refractivity contribution in [3.05, 3.63) is 104 Å². The van der Waals surface area contributed by atoms with Crippen LogP contribution in [0.2, 0.25) is 0 Å². The number of ether oxygens (including phenoxy) is 2. The van der Waals surface area contributed by atoms with Gasteiger partial charge >= 0.3 is 0 Å². The van der Waals surface area contributed by atoms with Crippen molar-refractivity contribution < 1.29 is 9.47 Å². The minimum atomic E-state index is -0.343. The van der Waals surface area contributed by atoms with Gasteiger partial charge in [0.25, 0.3) is 11.1 Å². The van der Waals surface area contributed by atoms with E-state index in [1.165, 1.54) is 21.8 Å². The largest absolute Gasteiger partial charge is 0.497 e. The fourth-order valence-corrected chi connectivity index (χ4v) is 4.75. The fraction of sp³-hybridized carbons (Fsp3) is 0.0400. The molecule has 166 valence electrons. The number of hydrogen-bond donors (Lipinski definition) is 0. The zero-order chi connectivity index (χ0) is 23.2. The van der Waals surface area contributed by atoms with Crippen molar-refractivity contribution in [1.29, 1.82) is 0 Å². The van der Waals surface area contributed by atoms with E-state index in [2.05, 4.69) is 9.97 Å². The van der Waals surface area contributed by atoms with Gasteiger partial charge in [-0.05, 0) is 54.6 Å². The van der Waals surface area contributed by atoms with Crippen LogP contribution in [-0.2, 0) is 0 Å². The summed E-state index contributed by atoms with van der Waals surface area (Å²) >= 11 is 1.21. The lowest BCUT2D eigenvalue weighted by atomic mass is 10.2. The molecule has 0 radical (unpaired) electrons. The van der Waals surface area contributed by atoms with Gasteiger partial charge in [0.05, 0.1) is 22.7 Å². The quantitative estimate of drug-likeness (QED) is 0.395. The number of hydrogen-bond acceptors (Lipinski definition) is 7. The van der Waals surface area contributed by atoms with Crippen molar-refractivity contribution in [3.63, 3.8) is 0 Å². The summed E-state index contributed by atoms with van der Waals surface area (Å²) in [6.07, 6.45) is 3.16. The molecule has 0 saturated heterocycles. The minimum Gasteiger partial charge on any atom is -0.497 e. The zero-order valence-electron chi connectivity index (χ0n) is 17.8. The van der Waals surface area contributed by atoms with E-state index in [4.69, 9.17) is 9.47 Å². The molecule has 6 aromatic rings. The maximum Gasteiger partial charge on any atom is 0.274 e. The van der Waals surface area contributed by atoms with Gasteiger partial charge < -0.3 is 9.47 Å². The van der Waals surface area contributed by atoms with Crippen molar-refractivity contribution in [2.24, 2.45) is 0 Å². The molecule has 0 N–H and O–H groups in total. The SMILES string of the molecule is COc1ccc(Oc2nc3ccccn3c(=O)c2/C=c2\sc3nc4ccccc4n3c2=O)cc1. The average Bonchev–Trinajstić information content (AvgIpc) is 3.38. The van der Waals surface area contributed by atoms with Crippen molar-refractivity contribution in [1.82, 2.24) is 18.8 Å². The summed E-state index contributed by atoms with van der Waals surface area (Å²) in [6.45, 7) is 0. The van der Waals surface area contributed by atoms with E-state index in [0.29, 0.717) is 26.6 Å². The Morgan fingerprint density at radius 3 is 2.47 bits per heavy atom. The van der Waals surface area contributed by atoms with Crippen molar-refractivity contribution in [2.75, 3.05) is 7.11 Å². The predicted molar refractivity (Wildman–Crippen MR) is 130 cm³/mol. The Kier molecular flexibility index (Phi) is 4.63. The lowest BCUT2D eigenvalue weighted by molar-refractivity contribution is 0.412. The van der Waals surface area contributed by atoms with Crippen molar-refractivity contribution in [3.8, 4) is 17.4 Å². The minimum absolute atomic E-state index is 0.108. The fourth-order valence-electron chi connectivity index (χ4n) is 3.78. The third-order valence-electron chi connectivity index (χ3n) is 5.43. The van der Waals surface area contributed by atoms with Gasteiger partial charge in [0.1, 0.15) is 22.7 Å². The molecule has 2 aromatic carbocycles. The molecule has 9 heteroatoms. The monoisotopic (exact) mass is 468 g/mol. The molecule has 6 rings (SSSR count). The van der Waals surface area contributed by atoms with Gasteiger partial charge in [0, 0.05) is 6.20 Å². The smallest absolute Gasteiger partial charge is 0.274 e. The number of thiazole rings is 1. The van der Waals surface area contributed by atoms with Crippen LogP contribution in [0.1, 0.15) is 5.56 Å². The molecule has 0 spiro atoms. The molecule has 0 saturated carbocycles. The summed E-state index contributed by atoms with van der Waals surface area (Å²) in [5.41, 5.74) is 1.48. The maximum atomic E-state index is 13.4. The second kappa shape index (κ2) is 7.82. The van der Waals surface area contributed by atoms with Gasteiger partial charge in [0.15, 0.2) is 4.96 Å². The number of pyridine rings is 1. The number of para-hydroxylation sites is 2. The van der Waals surface area contributed by atoms with Crippen LogP contribution in [0.25, 0.3) is 27.7 Å². The summed E-state index contributed by atoms with van der Waals surface area (Å²) < 4.78 is 14.5. The van der Waals surface area contributed by atoms with Crippen LogP contribution in [0.5, 0.6) is 17.4 Å². The van der Waals surface area contributed by atoms with Gasteiger partial charge in [-0.2, -0.15) is 4.98 Å². The van der Waals surface area contributed by atoms with Crippen LogP contribution in [0.3, 0.4) is 0 Å². The van der Waals surface area contributed by atoms with E-state index >= 15 is 0 Å². The van der Waals surface area contributed by atoms with Crippen LogP contribution in [0.4, 0.5) is 0 Å². The molecule has 4 heterocycles. The number of benzene rings is 2. The molecule has 0 bridgehead atoms. The Morgan fingerprint density at radius 2 is 1.65 bits per heavy atom. The van der Waals surface area contributed by atoms with Crippen molar-refractivity contribution >= 4 is 39.1 Å². The lowest BCUT2D eigenvalue weighted by Crippen LogP contribution is -2.25. The van der Waals surface area contributed by atoms with Crippen LogP contribution < -0.4 is 25.1 Å². The first kappa shape index (κ1) is 20.1. The van der Waals surface area contributed by atoms with Crippen LogP contribution in [-0.4, -0.2) is 25.9 Å². The Morgan fingerprint density at radius 1 is 0.882 bits per heavy atom. The molecular formula is C25H16N4O4S. The normalized spacial score (nSPS) is 12.1. The summed E-state index contributed by atoms with van der Waals surface area (Å²) in [5.74, 6) is 1.27. The van der Waals surface area contributed by atoms with Crippen LogP contribution in [0, 0.1) is 0 Å². The number of fused-ring (bicyclic) bond motifs is 4. The standard InChI is InChI=1S/C25H16N4O4S/c1-32-15-9-11-16(12-10-15)33-22-17(23(30)28-13-5-4-8-21(28)27-22)14-20-24(31)29-19-7-3-2-6-18(19)26-25(29)34-20/h2-14H,1H3/b20-14-. The van der Waals surface area contributed by atoms with Crippen LogP contribution >= 0.6 is 11.3 Å². The maximum absolute atomic E-state index is 13.4. The van der Waals surface area contributed by atoms with Crippen LogP contribution in [0.15, 0.2) is 82.5 Å². The Balaban J connectivity index is 1.58. The molecule has 0 aliphatic rings. The highest BCUT2D eigenvalue weighted by Gasteiger charge is 2.16. The second-order valence-electron chi connectivity index (χ2n) is 7.48. The molecule has 8 nitrogen and oxygen atoms in total. The number of methoxy groups -OCH3 is 1. The Labute approximate surface area is 195 Å². The summed E-state index contributed by atoms with van der Waals surface area (Å²) in [6, 6.07) is 19.6. The van der Waals surface area contributed by atoms with E-state index in [9.17, 15) is 9.59 Å². The molecule has 0 atom stereocenters. The topological polar surface area (TPSA) is 87.2 Å². The molecule has 4 aromatic heterocycles. The second-order valence-corrected chi connectivity index (χ2v) is 8.49. The zero-order valence-corrected chi connectivity index (χ0v) is 18.7. The van der Waals surface area contributed by atoms with Gasteiger partial charge in [-0.15, -0.1) is 0 Å². The highest BCUT2D eigenvalue weighted by Crippen LogP contribution is 2.25. The third kappa shape index (κ3) is 3.22.